The molecule has 1 aliphatic heterocycles. The van der Waals surface area contributed by atoms with Crippen LogP contribution in [-0.4, -0.2) is 19.3 Å². The summed E-state index contributed by atoms with van der Waals surface area (Å²) in [5.74, 6) is 1.57. The van der Waals surface area contributed by atoms with Gasteiger partial charge in [0.1, 0.15) is 12.8 Å². The molecule has 2 aromatic rings. The van der Waals surface area contributed by atoms with Crippen molar-refractivity contribution in [3.63, 3.8) is 0 Å². The van der Waals surface area contributed by atoms with E-state index in [0.717, 1.165) is 24.5 Å². The quantitative estimate of drug-likeness (QED) is 0.614. The van der Waals surface area contributed by atoms with Crippen LogP contribution in [0.5, 0.6) is 0 Å². The molecule has 3 rings (SSSR count). The van der Waals surface area contributed by atoms with E-state index in [1.807, 2.05) is 30.3 Å². The molecule has 0 radical (unpaired) electrons. The van der Waals surface area contributed by atoms with Gasteiger partial charge in [-0.3, -0.25) is 0 Å². The van der Waals surface area contributed by atoms with Gasteiger partial charge in [0.25, 0.3) is 0 Å². The van der Waals surface area contributed by atoms with Gasteiger partial charge in [0.15, 0.2) is 11.6 Å². The Hall–Kier alpha value is -2.74. The Morgan fingerprint density at radius 3 is 2.71 bits per heavy atom. The van der Waals surface area contributed by atoms with Crippen molar-refractivity contribution < 1.29 is 9.25 Å². The van der Waals surface area contributed by atoms with Crippen molar-refractivity contribution in [2.75, 3.05) is 18.0 Å². The number of nitriles is 1. The van der Waals surface area contributed by atoms with Gasteiger partial charge in [0.2, 0.25) is 0 Å². The second-order valence-corrected chi connectivity index (χ2v) is 5.85. The summed E-state index contributed by atoms with van der Waals surface area (Å²) in [4.78, 5) is 7.57. The summed E-state index contributed by atoms with van der Waals surface area (Å²) in [5, 5.41) is 13.0. The van der Waals surface area contributed by atoms with Crippen LogP contribution in [-0.2, 0) is 11.4 Å². The zero-order valence-corrected chi connectivity index (χ0v) is 13.6. The number of furan rings is 1. The summed E-state index contributed by atoms with van der Waals surface area (Å²) in [6.45, 7) is 2.36. The van der Waals surface area contributed by atoms with E-state index >= 15 is 0 Å². The SMILES string of the molecule is N#Cc1ccccc1CO/N=C\c1ccc(N2CCCCCC2)o1. The van der Waals surface area contributed by atoms with Crippen LogP contribution in [0.3, 0.4) is 0 Å². The molecule has 0 aliphatic carbocycles. The Labute approximate surface area is 142 Å². The third kappa shape index (κ3) is 4.17. The molecule has 0 spiro atoms. The summed E-state index contributed by atoms with van der Waals surface area (Å²) >= 11 is 0. The lowest BCUT2D eigenvalue weighted by Gasteiger charge is -2.18. The van der Waals surface area contributed by atoms with Crippen LogP contribution in [0.1, 0.15) is 42.6 Å². The van der Waals surface area contributed by atoms with E-state index in [4.69, 9.17) is 14.5 Å². The molecule has 0 atom stereocenters. The lowest BCUT2D eigenvalue weighted by Crippen LogP contribution is -2.23. The van der Waals surface area contributed by atoms with E-state index in [0.29, 0.717) is 11.3 Å². The first-order valence-electron chi connectivity index (χ1n) is 8.35. The second kappa shape index (κ2) is 8.21. The van der Waals surface area contributed by atoms with Crippen molar-refractivity contribution in [1.82, 2.24) is 0 Å². The van der Waals surface area contributed by atoms with Crippen molar-refractivity contribution in [3.05, 3.63) is 53.3 Å². The maximum absolute atomic E-state index is 9.04. The summed E-state index contributed by atoms with van der Waals surface area (Å²) in [6.07, 6.45) is 6.58. The molecule has 0 bridgehead atoms. The molecule has 1 saturated heterocycles. The molecule has 0 saturated carbocycles. The van der Waals surface area contributed by atoms with E-state index in [-0.39, 0.29) is 6.61 Å². The highest BCUT2D eigenvalue weighted by Crippen LogP contribution is 2.21. The maximum atomic E-state index is 9.04. The number of nitrogens with zero attached hydrogens (tertiary/aromatic N) is 3. The highest BCUT2D eigenvalue weighted by molar-refractivity contribution is 5.76. The van der Waals surface area contributed by atoms with E-state index < -0.39 is 0 Å². The van der Waals surface area contributed by atoms with Crippen molar-refractivity contribution >= 4 is 12.1 Å². The number of benzene rings is 1. The molecule has 1 aliphatic rings. The first-order chi connectivity index (χ1) is 11.9. The number of rotatable bonds is 5. The molecule has 0 amide bonds. The predicted octanol–water partition coefficient (Wildman–Crippen LogP) is 4.08. The first-order valence-corrected chi connectivity index (χ1v) is 8.35. The van der Waals surface area contributed by atoms with Crippen LogP contribution in [0.15, 0.2) is 46.0 Å². The van der Waals surface area contributed by atoms with Crippen LogP contribution >= 0.6 is 0 Å². The highest BCUT2D eigenvalue weighted by atomic mass is 16.6. The van der Waals surface area contributed by atoms with Gasteiger partial charge in [0.05, 0.1) is 11.6 Å². The van der Waals surface area contributed by atoms with E-state index in [9.17, 15) is 0 Å². The summed E-state index contributed by atoms with van der Waals surface area (Å²) in [5.41, 5.74) is 1.43. The molecular formula is C19H21N3O2. The molecule has 2 heterocycles. The second-order valence-electron chi connectivity index (χ2n) is 5.85. The van der Waals surface area contributed by atoms with E-state index in [1.165, 1.54) is 25.7 Å². The number of oxime groups is 1. The molecular weight excluding hydrogens is 302 g/mol. The van der Waals surface area contributed by atoms with Crippen molar-refractivity contribution in [2.24, 2.45) is 5.16 Å². The fourth-order valence-corrected chi connectivity index (χ4v) is 2.82. The third-order valence-electron chi connectivity index (χ3n) is 4.14. The van der Waals surface area contributed by atoms with Gasteiger partial charge in [-0.1, -0.05) is 36.2 Å². The number of hydrogen-bond donors (Lipinski definition) is 0. The first kappa shape index (κ1) is 16.1. The fourth-order valence-electron chi connectivity index (χ4n) is 2.82. The standard InChI is InChI=1S/C19H21N3O2/c20-13-16-7-3-4-8-17(16)15-23-21-14-18-9-10-19(24-18)22-11-5-1-2-6-12-22/h3-4,7-10,14H,1-2,5-6,11-12,15H2/b21-14-. The Bertz CT molecular complexity index is 722. The summed E-state index contributed by atoms with van der Waals surface area (Å²) < 4.78 is 5.82. The van der Waals surface area contributed by atoms with E-state index in [1.54, 1.807) is 12.3 Å². The van der Waals surface area contributed by atoms with Gasteiger partial charge in [0, 0.05) is 24.7 Å². The molecule has 1 aromatic heterocycles. The molecule has 24 heavy (non-hydrogen) atoms. The highest BCUT2D eigenvalue weighted by Gasteiger charge is 2.12. The van der Waals surface area contributed by atoms with Crippen molar-refractivity contribution in [2.45, 2.75) is 32.3 Å². The van der Waals surface area contributed by atoms with Gasteiger partial charge in [-0.15, -0.1) is 0 Å². The van der Waals surface area contributed by atoms with Gasteiger partial charge in [-0.25, -0.2) is 0 Å². The minimum absolute atomic E-state index is 0.264. The largest absolute Gasteiger partial charge is 0.439 e. The number of hydrogen-bond acceptors (Lipinski definition) is 5. The lowest BCUT2D eigenvalue weighted by atomic mass is 10.1. The van der Waals surface area contributed by atoms with Crippen molar-refractivity contribution in [1.29, 1.82) is 5.26 Å². The van der Waals surface area contributed by atoms with Gasteiger partial charge >= 0.3 is 0 Å². The topological polar surface area (TPSA) is 61.8 Å². The van der Waals surface area contributed by atoms with Gasteiger partial charge in [-0.05, 0) is 25.0 Å². The molecule has 1 aromatic carbocycles. The minimum atomic E-state index is 0.264. The monoisotopic (exact) mass is 323 g/mol. The average molecular weight is 323 g/mol. The maximum Gasteiger partial charge on any atom is 0.196 e. The number of anilines is 1. The molecule has 1 fully saturated rings. The summed E-state index contributed by atoms with van der Waals surface area (Å²) in [6, 6.07) is 13.4. The molecule has 0 N–H and O–H groups in total. The summed E-state index contributed by atoms with van der Waals surface area (Å²) in [7, 11) is 0. The molecule has 124 valence electrons. The van der Waals surface area contributed by atoms with Crippen LogP contribution in [0, 0.1) is 11.3 Å². The Kier molecular flexibility index (Phi) is 5.52. The van der Waals surface area contributed by atoms with Crippen LogP contribution in [0.4, 0.5) is 5.88 Å². The lowest BCUT2D eigenvalue weighted by molar-refractivity contribution is 0.131. The molecule has 5 heteroatoms. The molecule has 0 unspecified atom stereocenters. The normalized spacial score (nSPS) is 15.2. The molecule has 5 nitrogen and oxygen atoms in total. The minimum Gasteiger partial charge on any atom is -0.439 e. The van der Waals surface area contributed by atoms with Crippen molar-refractivity contribution in [3.8, 4) is 6.07 Å². The zero-order chi connectivity index (χ0) is 16.6. The van der Waals surface area contributed by atoms with Gasteiger partial charge < -0.3 is 14.2 Å². The average Bonchev–Trinajstić information content (AvgIpc) is 2.92. The van der Waals surface area contributed by atoms with Crippen LogP contribution in [0.25, 0.3) is 0 Å². The Balaban J connectivity index is 1.54. The third-order valence-corrected chi connectivity index (χ3v) is 4.14. The Morgan fingerprint density at radius 2 is 1.92 bits per heavy atom. The predicted molar refractivity (Wildman–Crippen MR) is 92.9 cm³/mol. The van der Waals surface area contributed by atoms with Crippen LogP contribution < -0.4 is 4.90 Å². The zero-order valence-electron chi connectivity index (χ0n) is 13.6. The van der Waals surface area contributed by atoms with Crippen LogP contribution in [0.2, 0.25) is 0 Å². The van der Waals surface area contributed by atoms with Gasteiger partial charge in [-0.2, -0.15) is 5.26 Å². The fraction of sp³-hybridized carbons (Fsp3) is 0.368. The smallest absolute Gasteiger partial charge is 0.196 e. The Morgan fingerprint density at radius 1 is 1.12 bits per heavy atom. The van der Waals surface area contributed by atoms with E-state index in [2.05, 4.69) is 16.1 Å².